The zero-order valence-electron chi connectivity index (χ0n) is 21.4. The van der Waals surface area contributed by atoms with Crippen molar-refractivity contribution in [3.8, 4) is 0 Å². The van der Waals surface area contributed by atoms with Gasteiger partial charge in [-0.2, -0.15) is 4.98 Å². The Hall–Kier alpha value is -3.21. The van der Waals surface area contributed by atoms with E-state index in [2.05, 4.69) is 35.8 Å². The maximum atomic E-state index is 12.4. The quantitative estimate of drug-likeness (QED) is 0.0914. The summed E-state index contributed by atoms with van der Waals surface area (Å²) < 4.78 is 0. The van der Waals surface area contributed by atoms with Crippen LogP contribution in [-0.2, 0) is 21.9 Å². The van der Waals surface area contributed by atoms with Crippen molar-refractivity contribution in [2.24, 2.45) is 0 Å². The molecule has 4 aromatic rings. The van der Waals surface area contributed by atoms with Crippen LogP contribution >= 0.6 is 11.8 Å². The summed E-state index contributed by atoms with van der Waals surface area (Å²) in [6, 6.07) is 14.9. The van der Waals surface area contributed by atoms with Gasteiger partial charge in [0.25, 0.3) is 5.91 Å². The second-order valence-electron chi connectivity index (χ2n) is 8.29. The van der Waals surface area contributed by atoms with Crippen LogP contribution in [0.15, 0.2) is 59.6 Å². The second-order valence-corrected chi connectivity index (χ2v) is 9.25. The summed E-state index contributed by atoms with van der Waals surface area (Å²) in [7, 11) is 0. The van der Waals surface area contributed by atoms with Crippen molar-refractivity contribution in [1.29, 1.82) is 0 Å². The van der Waals surface area contributed by atoms with E-state index in [-0.39, 0.29) is 82.3 Å². The number of nitrogen functional groups attached to an aromatic ring is 1. The minimum Gasteiger partial charge on any atom is -0.481 e. The van der Waals surface area contributed by atoms with Crippen LogP contribution in [-0.4, -0.2) is 111 Å². The Bertz CT molecular complexity index is 1490. The first-order chi connectivity index (χ1) is 18.8. The number of aliphatic carboxylic acids is 2. The molecular formula is C25H24KN8O5S. The molecule has 0 aliphatic rings. The molecule has 2 heterocycles. The van der Waals surface area contributed by atoms with Gasteiger partial charge in [0.2, 0.25) is 11.6 Å². The molecule has 0 aliphatic heterocycles. The number of nitrogens with one attached hydrogen (secondary N) is 2. The third-order valence-electron chi connectivity index (χ3n) is 5.42. The molecule has 0 aliphatic carbocycles. The maximum absolute atomic E-state index is 12.4. The molecule has 2 aromatic heterocycles. The molecule has 1 atom stereocenters. The first-order valence-electron chi connectivity index (χ1n) is 11.7. The normalized spacial score (nSPS) is 11.3. The molecule has 40 heavy (non-hydrogen) atoms. The van der Waals surface area contributed by atoms with Gasteiger partial charge in [-0.3, -0.25) is 9.59 Å². The Balaban J connectivity index is 0.00000441. The molecular weight excluding hydrogens is 563 g/mol. The number of nitrogens with two attached hydrogens (primary N) is 1. The molecule has 0 saturated carbocycles. The largest absolute Gasteiger partial charge is 0.481 e. The number of hydrogen-bond donors (Lipinski definition) is 5. The Kier molecular flexibility index (Phi) is 11.7. The van der Waals surface area contributed by atoms with E-state index in [1.165, 1.54) is 23.9 Å². The van der Waals surface area contributed by atoms with Gasteiger partial charge in [-0.05, 0) is 36.2 Å². The SMILES string of the molecule is Nc1nc(SCc2ccccc2)c2nc(CNc3ccc(C(=O)N[C@@H](CCC(=O)O)C(=O)O)cc3)nnc2n1.[K]. The van der Waals surface area contributed by atoms with E-state index in [0.717, 1.165) is 5.56 Å². The van der Waals surface area contributed by atoms with Crippen molar-refractivity contribution in [2.75, 3.05) is 11.1 Å². The number of hydrogen-bond acceptors (Lipinski definition) is 11. The first kappa shape index (κ1) is 31.3. The molecule has 0 unspecified atom stereocenters. The standard InChI is InChI=1S/C25H24N8O5S.K/c26-25-30-21-20(23(31-25)39-13-14-4-2-1-3-5-14)29-18(32-33-21)12-27-16-8-6-15(7-9-16)22(36)28-17(24(37)38)10-11-19(34)35;/h1-9,17,27H,10-13H2,(H,28,36)(H,34,35)(H,37,38)(H2,26,30,31,33);/t17-;/m0./s1. The number of benzene rings is 2. The van der Waals surface area contributed by atoms with E-state index in [0.29, 0.717) is 33.5 Å². The summed E-state index contributed by atoms with van der Waals surface area (Å²) in [5.41, 5.74) is 8.62. The minimum atomic E-state index is -1.31. The van der Waals surface area contributed by atoms with Crippen LogP contribution in [0.1, 0.15) is 34.6 Å². The van der Waals surface area contributed by atoms with Crippen molar-refractivity contribution >= 4 is 104 Å². The van der Waals surface area contributed by atoms with E-state index in [4.69, 9.17) is 10.8 Å². The number of amides is 1. The average Bonchev–Trinajstić information content (AvgIpc) is 2.93. The summed E-state index contributed by atoms with van der Waals surface area (Å²) in [4.78, 5) is 47.5. The monoisotopic (exact) mass is 587 g/mol. The fraction of sp³-hybridized carbons (Fsp3) is 0.200. The first-order valence-corrected chi connectivity index (χ1v) is 12.7. The Labute approximate surface area is 275 Å². The number of aromatic nitrogens is 5. The van der Waals surface area contributed by atoms with E-state index >= 15 is 0 Å². The van der Waals surface area contributed by atoms with Crippen LogP contribution in [0.3, 0.4) is 0 Å². The Morgan fingerprint density at radius 1 is 0.950 bits per heavy atom. The van der Waals surface area contributed by atoms with Gasteiger partial charge < -0.3 is 26.6 Å². The molecule has 0 spiro atoms. The summed E-state index contributed by atoms with van der Waals surface area (Å²) in [6.45, 7) is 0.220. The molecule has 2 aromatic carbocycles. The van der Waals surface area contributed by atoms with Gasteiger partial charge in [0.1, 0.15) is 16.6 Å². The van der Waals surface area contributed by atoms with Crippen molar-refractivity contribution in [3.63, 3.8) is 0 Å². The number of thioether (sulfide) groups is 1. The molecule has 4 rings (SSSR count). The fourth-order valence-corrected chi connectivity index (χ4v) is 4.38. The smallest absolute Gasteiger partial charge is 0.326 e. The van der Waals surface area contributed by atoms with Crippen molar-refractivity contribution in [1.82, 2.24) is 30.5 Å². The molecule has 0 bridgehead atoms. The Morgan fingerprint density at radius 2 is 1.68 bits per heavy atom. The molecule has 1 radical (unpaired) electrons. The van der Waals surface area contributed by atoms with E-state index in [1.54, 1.807) is 12.1 Å². The van der Waals surface area contributed by atoms with Crippen LogP contribution in [0.5, 0.6) is 0 Å². The molecule has 6 N–H and O–H groups in total. The third kappa shape index (κ3) is 8.90. The van der Waals surface area contributed by atoms with Crippen LogP contribution in [0, 0.1) is 0 Å². The molecule has 15 heteroatoms. The van der Waals surface area contributed by atoms with Gasteiger partial charge in [-0.15, -0.1) is 10.2 Å². The van der Waals surface area contributed by atoms with Crippen LogP contribution in [0.2, 0.25) is 0 Å². The van der Waals surface area contributed by atoms with Gasteiger partial charge >= 0.3 is 11.9 Å². The number of fused-ring (bicyclic) bond motifs is 1. The van der Waals surface area contributed by atoms with Crippen molar-refractivity contribution in [2.45, 2.75) is 36.2 Å². The van der Waals surface area contributed by atoms with Gasteiger partial charge in [0.15, 0.2) is 5.82 Å². The molecule has 1 amide bonds. The van der Waals surface area contributed by atoms with Crippen molar-refractivity contribution < 1.29 is 24.6 Å². The predicted molar refractivity (Wildman–Crippen MR) is 149 cm³/mol. The molecule has 0 saturated heterocycles. The minimum absolute atomic E-state index is 0. The zero-order chi connectivity index (χ0) is 27.8. The average molecular weight is 588 g/mol. The zero-order valence-corrected chi connectivity index (χ0v) is 25.4. The number of carboxylic acids is 2. The van der Waals surface area contributed by atoms with Gasteiger partial charge in [-0.1, -0.05) is 42.1 Å². The molecule has 201 valence electrons. The van der Waals surface area contributed by atoms with Crippen LogP contribution in [0.25, 0.3) is 11.2 Å². The summed E-state index contributed by atoms with van der Waals surface area (Å²) >= 11 is 1.47. The number of carbonyl (C=O) groups excluding carboxylic acids is 1. The topological polar surface area (TPSA) is 206 Å². The van der Waals surface area contributed by atoms with E-state index in [9.17, 15) is 19.5 Å². The second kappa shape index (κ2) is 15.0. The van der Waals surface area contributed by atoms with Gasteiger partial charge in [-0.25, -0.2) is 14.8 Å². The number of rotatable bonds is 12. The van der Waals surface area contributed by atoms with Crippen LogP contribution < -0.4 is 16.4 Å². The number of carboxylic acid groups (broad SMARTS) is 2. The summed E-state index contributed by atoms with van der Waals surface area (Å²) in [5.74, 6) is -1.93. The van der Waals surface area contributed by atoms with Gasteiger partial charge in [0.05, 0.1) is 6.54 Å². The predicted octanol–water partition coefficient (Wildman–Crippen LogP) is 1.97. The van der Waals surface area contributed by atoms with E-state index in [1.807, 2.05) is 30.3 Å². The summed E-state index contributed by atoms with van der Waals surface area (Å²) in [5, 5.41) is 32.3. The van der Waals surface area contributed by atoms with Crippen LogP contribution in [0.4, 0.5) is 11.6 Å². The number of carbonyl (C=O) groups is 3. The summed E-state index contributed by atoms with van der Waals surface area (Å²) in [6.07, 6.45) is -0.599. The third-order valence-corrected chi connectivity index (χ3v) is 6.45. The number of anilines is 2. The van der Waals surface area contributed by atoms with Crippen molar-refractivity contribution in [3.05, 3.63) is 71.5 Å². The van der Waals surface area contributed by atoms with Gasteiger partial charge in [0, 0.05) is 74.8 Å². The molecule has 13 nitrogen and oxygen atoms in total. The van der Waals surface area contributed by atoms with E-state index < -0.39 is 23.9 Å². The Morgan fingerprint density at radius 3 is 2.35 bits per heavy atom. The number of nitrogens with zero attached hydrogens (tertiary/aromatic N) is 5. The molecule has 0 fully saturated rings. The fourth-order valence-electron chi connectivity index (χ4n) is 3.45. The maximum Gasteiger partial charge on any atom is 0.326 e.